The summed E-state index contributed by atoms with van der Waals surface area (Å²) >= 11 is 0. The first-order chi connectivity index (χ1) is 12.0. The molecule has 3 aliphatic heterocycles. The first-order valence-corrected chi connectivity index (χ1v) is 8.89. The van der Waals surface area contributed by atoms with Crippen molar-refractivity contribution in [3.63, 3.8) is 0 Å². The SMILES string of the molecule is COc1cccc(C(=O)N2CC[C@@]34OC[C@@H](C(C)C)N3C(=O)C[C@@H]24)c1. The number of nitrogens with zero attached hydrogens (tertiary/aromatic N) is 2. The maximum atomic E-state index is 13.1. The van der Waals surface area contributed by atoms with Gasteiger partial charge in [0.05, 0.1) is 32.2 Å². The largest absolute Gasteiger partial charge is 0.497 e. The standard InChI is InChI=1S/C19H24N2O4/c1-12(2)15-11-25-19-7-8-20(16(19)10-17(22)21(15)19)18(23)13-5-4-6-14(9-13)24-3/h4-6,9,12,15-16H,7-8,10-11H2,1-3H3/t15-,16+,19-/m0/s1. The Morgan fingerprint density at radius 3 is 2.92 bits per heavy atom. The van der Waals surface area contributed by atoms with Crippen LogP contribution >= 0.6 is 0 Å². The maximum absolute atomic E-state index is 13.1. The zero-order valence-corrected chi connectivity index (χ0v) is 14.9. The number of hydrogen-bond acceptors (Lipinski definition) is 4. The van der Waals surface area contributed by atoms with E-state index in [0.717, 1.165) is 0 Å². The third-order valence-corrected chi connectivity index (χ3v) is 5.84. The second kappa shape index (κ2) is 5.73. The number of likely N-dealkylation sites (tertiary alicyclic amines) is 1. The summed E-state index contributed by atoms with van der Waals surface area (Å²) in [4.78, 5) is 29.5. The molecule has 0 N–H and O–H groups in total. The van der Waals surface area contributed by atoms with Crippen LogP contribution in [0.15, 0.2) is 24.3 Å². The molecule has 6 nitrogen and oxygen atoms in total. The lowest BCUT2D eigenvalue weighted by Crippen LogP contribution is -2.51. The monoisotopic (exact) mass is 344 g/mol. The van der Waals surface area contributed by atoms with Crippen molar-refractivity contribution in [2.45, 2.75) is 44.5 Å². The van der Waals surface area contributed by atoms with Gasteiger partial charge in [-0.3, -0.25) is 9.59 Å². The van der Waals surface area contributed by atoms with Crippen molar-refractivity contribution < 1.29 is 19.1 Å². The minimum Gasteiger partial charge on any atom is -0.497 e. The highest BCUT2D eigenvalue weighted by atomic mass is 16.5. The first kappa shape index (κ1) is 16.4. The van der Waals surface area contributed by atoms with Crippen LogP contribution in [-0.2, 0) is 9.53 Å². The van der Waals surface area contributed by atoms with Gasteiger partial charge in [-0.1, -0.05) is 19.9 Å². The van der Waals surface area contributed by atoms with Crippen LogP contribution in [0.1, 0.15) is 37.0 Å². The molecule has 134 valence electrons. The molecule has 0 unspecified atom stereocenters. The zero-order valence-electron chi connectivity index (χ0n) is 14.9. The van der Waals surface area contributed by atoms with Crippen LogP contribution in [0.2, 0.25) is 0 Å². The van der Waals surface area contributed by atoms with Crippen LogP contribution < -0.4 is 4.74 Å². The van der Waals surface area contributed by atoms with Crippen LogP contribution in [0.5, 0.6) is 5.75 Å². The second-order valence-electron chi connectivity index (χ2n) is 7.43. The van der Waals surface area contributed by atoms with E-state index in [-0.39, 0.29) is 23.9 Å². The van der Waals surface area contributed by atoms with Gasteiger partial charge in [0.1, 0.15) is 5.75 Å². The Balaban J connectivity index is 1.63. The minimum absolute atomic E-state index is 0.0629. The average Bonchev–Trinajstić information content (AvgIpc) is 3.23. The number of carbonyl (C=O) groups is 2. The van der Waals surface area contributed by atoms with Gasteiger partial charge in [-0.25, -0.2) is 0 Å². The van der Waals surface area contributed by atoms with Crippen molar-refractivity contribution >= 4 is 11.8 Å². The van der Waals surface area contributed by atoms with Crippen molar-refractivity contribution in [3.05, 3.63) is 29.8 Å². The molecule has 4 rings (SSSR count). The summed E-state index contributed by atoms with van der Waals surface area (Å²) in [5, 5.41) is 0. The molecule has 3 fully saturated rings. The molecule has 0 aliphatic carbocycles. The van der Waals surface area contributed by atoms with Gasteiger partial charge in [-0.15, -0.1) is 0 Å². The van der Waals surface area contributed by atoms with Gasteiger partial charge >= 0.3 is 0 Å². The third kappa shape index (κ3) is 2.27. The highest BCUT2D eigenvalue weighted by molar-refractivity contribution is 5.96. The number of rotatable bonds is 3. The molecule has 2 amide bonds. The van der Waals surface area contributed by atoms with E-state index < -0.39 is 5.72 Å². The molecule has 0 radical (unpaired) electrons. The molecule has 6 heteroatoms. The summed E-state index contributed by atoms with van der Waals surface area (Å²) in [7, 11) is 1.58. The smallest absolute Gasteiger partial charge is 0.254 e. The van der Waals surface area contributed by atoms with Crippen molar-refractivity contribution in [2.75, 3.05) is 20.3 Å². The highest BCUT2D eigenvalue weighted by Gasteiger charge is 2.65. The highest BCUT2D eigenvalue weighted by Crippen LogP contribution is 2.49. The fourth-order valence-electron chi connectivity index (χ4n) is 4.54. The maximum Gasteiger partial charge on any atom is 0.254 e. The molecule has 0 aromatic heterocycles. The topological polar surface area (TPSA) is 59.1 Å². The number of ether oxygens (including phenoxy) is 2. The number of amides is 2. The summed E-state index contributed by atoms with van der Waals surface area (Å²) in [6.45, 7) is 5.39. The van der Waals surface area contributed by atoms with Crippen molar-refractivity contribution in [3.8, 4) is 5.75 Å². The Bertz CT molecular complexity index is 719. The molecule has 3 aliphatic rings. The second-order valence-corrected chi connectivity index (χ2v) is 7.43. The van der Waals surface area contributed by atoms with Gasteiger partial charge in [0.25, 0.3) is 5.91 Å². The number of carbonyl (C=O) groups excluding carboxylic acids is 2. The van der Waals surface area contributed by atoms with E-state index in [0.29, 0.717) is 43.2 Å². The Hall–Kier alpha value is -2.08. The molecule has 1 aromatic carbocycles. The molecule has 1 aromatic rings. The minimum atomic E-state index is -0.624. The summed E-state index contributed by atoms with van der Waals surface area (Å²) in [5.41, 5.74) is -0.0405. The summed E-state index contributed by atoms with van der Waals surface area (Å²) in [6, 6.07) is 7.05. The van der Waals surface area contributed by atoms with Crippen LogP contribution in [0.25, 0.3) is 0 Å². The molecule has 3 heterocycles. The Labute approximate surface area is 147 Å². The van der Waals surface area contributed by atoms with Crippen molar-refractivity contribution in [2.24, 2.45) is 5.92 Å². The van der Waals surface area contributed by atoms with E-state index >= 15 is 0 Å². The van der Waals surface area contributed by atoms with E-state index in [1.807, 2.05) is 21.9 Å². The van der Waals surface area contributed by atoms with Crippen LogP contribution in [0, 0.1) is 5.92 Å². The molecule has 1 spiro atoms. The van der Waals surface area contributed by atoms with E-state index in [9.17, 15) is 9.59 Å². The molecule has 3 atom stereocenters. The van der Waals surface area contributed by atoms with Gasteiger partial charge in [0.2, 0.25) is 5.91 Å². The summed E-state index contributed by atoms with van der Waals surface area (Å²) < 4.78 is 11.4. The van der Waals surface area contributed by atoms with Crippen molar-refractivity contribution in [1.29, 1.82) is 0 Å². The fraction of sp³-hybridized carbons (Fsp3) is 0.579. The number of methoxy groups -OCH3 is 1. The number of benzene rings is 1. The Morgan fingerprint density at radius 1 is 1.40 bits per heavy atom. The Kier molecular flexibility index (Phi) is 3.76. The first-order valence-electron chi connectivity index (χ1n) is 8.89. The third-order valence-electron chi connectivity index (χ3n) is 5.84. The van der Waals surface area contributed by atoms with Crippen LogP contribution in [0.4, 0.5) is 0 Å². The van der Waals surface area contributed by atoms with Gasteiger partial charge < -0.3 is 19.3 Å². The van der Waals surface area contributed by atoms with Crippen molar-refractivity contribution in [1.82, 2.24) is 9.80 Å². The van der Waals surface area contributed by atoms with Gasteiger partial charge in [-0.05, 0) is 24.1 Å². The lowest BCUT2D eigenvalue weighted by molar-refractivity contribution is -0.139. The average molecular weight is 344 g/mol. The fourth-order valence-corrected chi connectivity index (χ4v) is 4.54. The molecule has 25 heavy (non-hydrogen) atoms. The molecule has 0 bridgehead atoms. The van der Waals surface area contributed by atoms with Gasteiger partial charge in [-0.2, -0.15) is 0 Å². The predicted molar refractivity (Wildman–Crippen MR) is 91.2 cm³/mol. The lowest BCUT2D eigenvalue weighted by Gasteiger charge is -2.34. The molecule has 3 saturated heterocycles. The summed E-state index contributed by atoms with van der Waals surface area (Å²) in [5.74, 6) is 1.03. The quantitative estimate of drug-likeness (QED) is 0.840. The zero-order chi connectivity index (χ0) is 17.8. The van der Waals surface area contributed by atoms with Crippen LogP contribution in [-0.4, -0.2) is 59.7 Å². The van der Waals surface area contributed by atoms with Gasteiger partial charge in [0, 0.05) is 18.5 Å². The van der Waals surface area contributed by atoms with E-state index in [4.69, 9.17) is 9.47 Å². The number of hydrogen-bond donors (Lipinski definition) is 0. The molecule has 0 saturated carbocycles. The predicted octanol–water partition coefficient (Wildman–Crippen LogP) is 1.89. The Morgan fingerprint density at radius 2 is 2.20 bits per heavy atom. The van der Waals surface area contributed by atoms with Gasteiger partial charge in [0.15, 0.2) is 5.72 Å². The summed E-state index contributed by atoms with van der Waals surface area (Å²) in [6.07, 6.45) is 1.03. The normalized spacial score (nSPS) is 30.8. The van der Waals surface area contributed by atoms with E-state index in [1.54, 1.807) is 19.2 Å². The molecular formula is C19H24N2O4. The van der Waals surface area contributed by atoms with E-state index in [2.05, 4.69) is 13.8 Å². The molecular weight excluding hydrogens is 320 g/mol. The lowest BCUT2D eigenvalue weighted by atomic mass is 10.0. The van der Waals surface area contributed by atoms with E-state index in [1.165, 1.54) is 0 Å². The van der Waals surface area contributed by atoms with Crippen LogP contribution in [0.3, 0.4) is 0 Å².